The topological polar surface area (TPSA) is 43.6 Å². The second-order valence-corrected chi connectivity index (χ2v) is 7.10. The third-order valence-electron chi connectivity index (χ3n) is 4.29. The highest BCUT2D eigenvalue weighted by atomic mass is 32.1. The largest absolute Gasteiger partial charge is 0.497 e. The summed E-state index contributed by atoms with van der Waals surface area (Å²) in [4.78, 5) is 17.8. The fourth-order valence-corrected chi connectivity index (χ4v) is 3.76. The van der Waals surface area contributed by atoms with Gasteiger partial charge in [0.25, 0.3) is 5.91 Å². The van der Waals surface area contributed by atoms with Crippen LogP contribution in [0.5, 0.6) is 5.75 Å². The molecule has 0 N–H and O–H groups in total. The lowest BCUT2D eigenvalue weighted by Crippen LogP contribution is -2.17. The molecule has 0 spiro atoms. The van der Waals surface area contributed by atoms with Crippen molar-refractivity contribution in [1.82, 2.24) is 4.57 Å². The van der Waals surface area contributed by atoms with Crippen molar-refractivity contribution in [3.05, 3.63) is 57.9 Å². The Labute approximate surface area is 151 Å². The normalized spacial score (nSPS) is 11.9. The van der Waals surface area contributed by atoms with Gasteiger partial charge in [-0.15, -0.1) is 0 Å². The zero-order chi connectivity index (χ0) is 18.0. The number of hydrogen-bond donors (Lipinski definition) is 0. The average molecular weight is 354 g/mol. The van der Waals surface area contributed by atoms with Gasteiger partial charge in [-0.05, 0) is 55.7 Å². The molecule has 1 aromatic heterocycles. The smallest absolute Gasteiger partial charge is 0.279 e. The number of hydrogen-bond acceptors (Lipinski definition) is 3. The second kappa shape index (κ2) is 7.23. The molecule has 0 saturated heterocycles. The first kappa shape index (κ1) is 17.4. The summed E-state index contributed by atoms with van der Waals surface area (Å²) in [6, 6.07) is 11.7. The van der Waals surface area contributed by atoms with E-state index in [9.17, 15) is 4.79 Å². The van der Waals surface area contributed by atoms with Crippen molar-refractivity contribution in [2.75, 3.05) is 7.11 Å². The fraction of sp³-hybridized carbons (Fsp3) is 0.300. The molecule has 3 aromatic rings. The number of carbonyl (C=O) groups is 1. The summed E-state index contributed by atoms with van der Waals surface area (Å²) < 4.78 is 8.53. The van der Waals surface area contributed by atoms with Crippen LogP contribution in [-0.4, -0.2) is 17.6 Å². The van der Waals surface area contributed by atoms with E-state index in [-0.39, 0.29) is 5.91 Å². The molecule has 1 heterocycles. The first-order chi connectivity index (χ1) is 12.0. The molecule has 0 aliphatic rings. The quantitative estimate of drug-likeness (QED) is 0.693. The highest BCUT2D eigenvalue weighted by Gasteiger charge is 2.10. The van der Waals surface area contributed by atoms with Crippen LogP contribution in [0.15, 0.2) is 41.4 Å². The molecular weight excluding hydrogens is 332 g/mol. The summed E-state index contributed by atoms with van der Waals surface area (Å²) in [5.74, 6) is 0.605. The maximum atomic E-state index is 12.6. The van der Waals surface area contributed by atoms with Crippen LogP contribution in [-0.2, 0) is 6.54 Å². The van der Waals surface area contributed by atoms with E-state index in [0.29, 0.717) is 5.56 Å². The summed E-state index contributed by atoms with van der Waals surface area (Å²) >= 11 is 1.53. The minimum absolute atomic E-state index is 0.202. The number of carbonyl (C=O) groups excluding carboxylic acids is 1. The Balaban J connectivity index is 2.12. The summed E-state index contributed by atoms with van der Waals surface area (Å²) in [6.07, 6.45) is 0.966. The van der Waals surface area contributed by atoms with Crippen LogP contribution in [0, 0.1) is 13.8 Å². The van der Waals surface area contributed by atoms with Crippen molar-refractivity contribution in [2.24, 2.45) is 4.99 Å². The monoisotopic (exact) mass is 354 g/mol. The van der Waals surface area contributed by atoms with Crippen LogP contribution >= 0.6 is 11.3 Å². The van der Waals surface area contributed by atoms with E-state index in [1.165, 1.54) is 16.9 Å². The number of thiazole rings is 1. The number of amides is 1. The number of benzene rings is 2. The van der Waals surface area contributed by atoms with Crippen LogP contribution < -0.4 is 9.54 Å². The molecule has 2 aromatic carbocycles. The van der Waals surface area contributed by atoms with E-state index < -0.39 is 0 Å². The first-order valence-corrected chi connectivity index (χ1v) is 9.19. The van der Waals surface area contributed by atoms with Gasteiger partial charge in [0, 0.05) is 18.2 Å². The molecule has 3 rings (SSSR count). The van der Waals surface area contributed by atoms with E-state index in [0.717, 1.165) is 39.3 Å². The SMILES string of the molecule is CCCn1c(=NC(=O)c2ccc(C)c(C)c2)sc2ccc(OC)cc21. The van der Waals surface area contributed by atoms with E-state index in [1.807, 2.05) is 50.2 Å². The van der Waals surface area contributed by atoms with E-state index in [2.05, 4.69) is 16.5 Å². The summed E-state index contributed by atoms with van der Waals surface area (Å²) in [6.45, 7) is 6.97. The molecule has 25 heavy (non-hydrogen) atoms. The van der Waals surface area contributed by atoms with Gasteiger partial charge in [-0.2, -0.15) is 4.99 Å². The second-order valence-electron chi connectivity index (χ2n) is 6.09. The summed E-state index contributed by atoms with van der Waals surface area (Å²) in [5.41, 5.74) is 3.95. The molecule has 0 saturated carbocycles. The lowest BCUT2D eigenvalue weighted by atomic mass is 10.1. The van der Waals surface area contributed by atoms with Gasteiger partial charge in [0.15, 0.2) is 4.80 Å². The fourth-order valence-electron chi connectivity index (χ4n) is 2.73. The Morgan fingerprint density at radius 2 is 1.96 bits per heavy atom. The zero-order valence-electron chi connectivity index (χ0n) is 15.0. The lowest BCUT2D eigenvalue weighted by molar-refractivity contribution is 0.0997. The number of methoxy groups -OCH3 is 1. The molecule has 0 unspecified atom stereocenters. The summed E-state index contributed by atoms with van der Waals surface area (Å²) in [7, 11) is 1.66. The summed E-state index contributed by atoms with van der Waals surface area (Å²) in [5, 5.41) is 0. The van der Waals surface area contributed by atoms with E-state index in [4.69, 9.17) is 4.74 Å². The molecule has 0 bridgehead atoms. The third-order valence-corrected chi connectivity index (χ3v) is 5.35. The molecule has 5 heteroatoms. The minimum Gasteiger partial charge on any atom is -0.497 e. The molecule has 0 radical (unpaired) electrons. The van der Waals surface area contributed by atoms with Gasteiger partial charge in [-0.3, -0.25) is 4.79 Å². The molecule has 0 aliphatic heterocycles. The maximum absolute atomic E-state index is 12.6. The van der Waals surface area contributed by atoms with Gasteiger partial charge in [-0.25, -0.2) is 0 Å². The molecule has 4 nitrogen and oxygen atoms in total. The predicted molar refractivity (Wildman–Crippen MR) is 102 cm³/mol. The Bertz CT molecular complexity index is 999. The highest BCUT2D eigenvalue weighted by molar-refractivity contribution is 7.16. The maximum Gasteiger partial charge on any atom is 0.279 e. The zero-order valence-corrected chi connectivity index (χ0v) is 15.8. The van der Waals surface area contributed by atoms with Crippen molar-refractivity contribution in [2.45, 2.75) is 33.7 Å². The number of ether oxygens (including phenoxy) is 1. The van der Waals surface area contributed by atoms with Crippen LogP contribution in [0.3, 0.4) is 0 Å². The molecule has 1 amide bonds. The van der Waals surface area contributed by atoms with E-state index in [1.54, 1.807) is 7.11 Å². The molecule has 0 aliphatic carbocycles. The Morgan fingerprint density at radius 1 is 1.16 bits per heavy atom. The van der Waals surface area contributed by atoms with Crippen molar-refractivity contribution in [3.63, 3.8) is 0 Å². The van der Waals surface area contributed by atoms with Crippen molar-refractivity contribution in [3.8, 4) is 5.75 Å². The van der Waals surface area contributed by atoms with Crippen molar-refractivity contribution in [1.29, 1.82) is 0 Å². The Morgan fingerprint density at radius 3 is 2.64 bits per heavy atom. The van der Waals surface area contributed by atoms with Gasteiger partial charge in [0.2, 0.25) is 0 Å². The average Bonchev–Trinajstić information content (AvgIpc) is 2.94. The first-order valence-electron chi connectivity index (χ1n) is 8.37. The van der Waals surface area contributed by atoms with Gasteiger partial charge in [-0.1, -0.05) is 24.3 Å². The lowest BCUT2D eigenvalue weighted by Gasteiger charge is -2.05. The van der Waals surface area contributed by atoms with Crippen LogP contribution in [0.25, 0.3) is 10.2 Å². The number of aromatic nitrogens is 1. The number of fused-ring (bicyclic) bond motifs is 1. The standard InChI is InChI=1S/C20H22N2O2S/c1-5-10-22-17-12-16(24-4)8-9-18(17)25-20(22)21-19(23)15-7-6-13(2)14(3)11-15/h6-9,11-12H,5,10H2,1-4H3. The van der Waals surface area contributed by atoms with Crippen LogP contribution in [0.2, 0.25) is 0 Å². The third kappa shape index (κ3) is 3.51. The number of rotatable bonds is 4. The highest BCUT2D eigenvalue weighted by Crippen LogP contribution is 2.23. The Kier molecular flexibility index (Phi) is 5.04. The number of nitrogens with zero attached hydrogens (tertiary/aromatic N) is 2. The van der Waals surface area contributed by atoms with Gasteiger partial charge in [0.1, 0.15) is 5.75 Å². The van der Waals surface area contributed by atoms with Gasteiger partial charge in [0.05, 0.1) is 17.3 Å². The van der Waals surface area contributed by atoms with Crippen LogP contribution in [0.4, 0.5) is 0 Å². The molecule has 130 valence electrons. The molecular formula is C20H22N2O2S. The van der Waals surface area contributed by atoms with Crippen LogP contribution in [0.1, 0.15) is 34.8 Å². The molecule has 0 atom stereocenters. The molecule has 0 fully saturated rings. The minimum atomic E-state index is -0.202. The van der Waals surface area contributed by atoms with E-state index >= 15 is 0 Å². The van der Waals surface area contributed by atoms with Gasteiger partial charge >= 0.3 is 0 Å². The van der Waals surface area contributed by atoms with Crippen molar-refractivity contribution >= 4 is 27.5 Å². The Hall–Kier alpha value is -2.40. The van der Waals surface area contributed by atoms with Crippen molar-refractivity contribution < 1.29 is 9.53 Å². The number of aryl methyl sites for hydroxylation is 3. The van der Waals surface area contributed by atoms with Gasteiger partial charge < -0.3 is 9.30 Å². The predicted octanol–water partition coefficient (Wildman–Crippen LogP) is 4.48.